The summed E-state index contributed by atoms with van der Waals surface area (Å²) in [6.45, 7) is 3.60. The summed E-state index contributed by atoms with van der Waals surface area (Å²) in [7, 11) is 0. The number of nitrogens with two attached hydrogens (primary N) is 1. The highest BCUT2D eigenvalue weighted by molar-refractivity contribution is 6.30. The van der Waals surface area contributed by atoms with Crippen LogP contribution in [0.2, 0.25) is 5.02 Å². The number of aryl methyl sites for hydroxylation is 1. The summed E-state index contributed by atoms with van der Waals surface area (Å²) in [4.78, 5) is 14.2. The molecular weight excluding hydrogens is 295 g/mol. The lowest BCUT2D eigenvalue weighted by atomic mass is 10.1. The number of halogens is 2. The molecule has 1 saturated heterocycles. The molecule has 0 aromatic heterocycles. The highest BCUT2D eigenvalue weighted by Gasteiger charge is 2.30. The summed E-state index contributed by atoms with van der Waals surface area (Å²) >= 11 is 5.84. The van der Waals surface area contributed by atoms with Crippen molar-refractivity contribution >= 4 is 29.9 Å². The van der Waals surface area contributed by atoms with E-state index in [4.69, 9.17) is 17.3 Å². The van der Waals surface area contributed by atoms with Crippen molar-refractivity contribution in [1.82, 2.24) is 4.90 Å². The van der Waals surface area contributed by atoms with Crippen LogP contribution in [-0.4, -0.2) is 29.9 Å². The summed E-state index contributed by atoms with van der Waals surface area (Å²) in [6, 6.07) is 8.01. The second-order valence-corrected chi connectivity index (χ2v) is 5.80. The van der Waals surface area contributed by atoms with Gasteiger partial charge in [0.15, 0.2) is 0 Å². The third-order valence-electron chi connectivity index (χ3n) is 3.86. The van der Waals surface area contributed by atoms with Gasteiger partial charge in [0, 0.05) is 24.0 Å². The molecule has 2 rings (SSSR count). The lowest BCUT2D eigenvalue weighted by Gasteiger charge is -2.21. The van der Waals surface area contributed by atoms with Crippen LogP contribution in [0.4, 0.5) is 0 Å². The van der Waals surface area contributed by atoms with Gasteiger partial charge >= 0.3 is 0 Å². The van der Waals surface area contributed by atoms with E-state index in [2.05, 4.69) is 6.92 Å². The SMILES string of the molecule is CC1CC(CN)CN1C(=O)CCc1ccc(Cl)cc1.Cl. The lowest BCUT2D eigenvalue weighted by Crippen LogP contribution is -2.34. The molecule has 3 nitrogen and oxygen atoms in total. The summed E-state index contributed by atoms with van der Waals surface area (Å²) in [5.74, 6) is 0.702. The first-order valence-electron chi connectivity index (χ1n) is 6.84. The highest BCUT2D eigenvalue weighted by atomic mass is 35.5. The molecule has 1 amide bonds. The maximum Gasteiger partial charge on any atom is 0.223 e. The van der Waals surface area contributed by atoms with Crippen molar-refractivity contribution in [2.45, 2.75) is 32.2 Å². The van der Waals surface area contributed by atoms with Crippen molar-refractivity contribution in [3.05, 3.63) is 34.9 Å². The third-order valence-corrected chi connectivity index (χ3v) is 4.11. The average molecular weight is 317 g/mol. The lowest BCUT2D eigenvalue weighted by molar-refractivity contribution is -0.131. The number of hydrogen-bond donors (Lipinski definition) is 1. The smallest absolute Gasteiger partial charge is 0.223 e. The quantitative estimate of drug-likeness (QED) is 0.928. The largest absolute Gasteiger partial charge is 0.340 e. The molecule has 1 aliphatic heterocycles. The van der Waals surface area contributed by atoms with Crippen molar-refractivity contribution < 1.29 is 4.79 Å². The Morgan fingerprint density at radius 1 is 1.40 bits per heavy atom. The molecule has 1 aromatic carbocycles. The molecule has 0 spiro atoms. The van der Waals surface area contributed by atoms with E-state index in [0.717, 1.165) is 30.0 Å². The zero-order chi connectivity index (χ0) is 13.8. The average Bonchev–Trinajstić information content (AvgIpc) is 2.79. The molecule has 1 aliphatic rings. The van der Waals surface area contributed by atoms with E-state index in [9.17, 15) is 4.79 Å². The minimum atomic E-state index is 0. The number of benzene rings is 1. The summed E-state index contributed by atoms with van der Waals surface area (Å²) in [6.07, 6.45) is 2.36. The summed E-state index contributed by atoms with van der Waals surface area (Å²) in [5, 5.41) is 0.731. The van der Waals surface area contributed by atoms with Crippen molar-refractivity contribution in [2.24, 2.45) is 11.7 Å². The van der Waals surface area contributed by atoms with Gasteiger partial charge in [0.25, 0.3) is 0 Å². The molecule has 0 bridgehead atoms. The van der Waals surface area contributed by atoms with Crippen LogP contribution in [0.5, 0.6) is 0 Å². The Labute approximate surface area is 131 Å². The topological polar surface area (TPSA) is 46.3 Å². The van der Waals surface area contributed by atoms with Crippen LogP contribution < -0.4 is 5.73 Å². The van der Waals surface area contributed by atoms with Gasteiger partial charge in [-0.3, -0.25) is 4.79 Å². The van der Waals surface area contributed by atoms with Gasteiger partial charge in [-0.1, -0.05) is 23.7 Å². The first kappa shape index (κ1) is 17.3. The van der Waals surface area contributed by atoms with Crippen LogP contribution in [0.15, 0.2) is 24.3 Å². The number of rotatable bonds is 4. The zero-order valence-corrected chi connectivity index (χ0v) is 13.3. The van der Waals surface area contributed by atoms with Crippen LogP contribution in [-0.2, 0) is 11.2 Å². The van der Waals surface area contributed by atoms with Gasteiger partial charge in [0.1, 0.15) is 0 Å². The Morgan fingerprint density at radius 2 is 2.05 bits per heavy atom. The van der Waals surface area contributed by atoms with E-state index in [1.165, 1.54) is 0 Å². The molecule has 1 fully saturated rings. The predicted molar refractivity (Wildman–Crippen MR) is 85.4 cm³/mol. The highest BCUT2D eigenvalue weighted by Crippen LogP contribution is 2.23. The van der Waals surface area contributed by atoms with E-state index in [-0.39, 0.29) is 18.3 Å². The standard InChI is InChI=1S/C15H21ClN2O.ClH/c1-11-8-13(9-17)10-18(11)15(19)7-4-12-2-5-14(16)6-3-12;/h2-3,5-6,11,13H,4,7-10,17H2,1H3;1H. The van der Waals surface area contributed by atoms with E-state index >= 15 is 0 Å². The maximum absolute atomic E-state index is 12.2. The predicted octanol–water partition coefficient (Wildman–Crippen LogP) is 2.89. The maximum atomic E-state index is 12.2. The van der Waals surface area contributed by atoms with Gasteiger partial charge in [-0.05, 0) is 49.9 Å². The molecule has 20 heavy (non-hydrogen) atoms. The Balaban J connectivity index is 0.00000200. The van der Waals surface area contributed by atoms with Crippen molar-refractivity contribution in [2.75, 3.05) is 13.1 Å². The van der Waals surface area contributed by atoms with Crippen molar-refractivity contribution in [1.29, 1.82) is 0 Å². The fraction of sp³-hybridized carbons (Fsp3) is 0.533. The van der Waals surface area contributed by atoms with Crippen LogP contribution >= 0.6 is 24.0 Å². The van der Waals surface area contributed by atoms with Crippen LogP contribution in [0.1, 0.15) is 25.3 Å². The summed E-state index contributed by atoms with van der Waals surface area (Å²) < 4.78 is 0. The van der Waals surface area contributed by atoms with Gasteiger partial charge in [-0.15, -0.1) is 12.4 Å². The number of amides is 1. The molecule has 1 aromatic rings. The molecule has 2 N–H and O–H groups in total. The fourth-order valence-corrected chi connectivity index (χ4v) is 2.83. The van der Waals surface area contributed by atoms with Gasteiger partial charge in [0.05, 0.1) is 0 Å². The van der Waals surface area contributed by atoms with Crippen molar-refractivity contribution in [3.63, 3.8) is 0 Å². The van der Waals surface area contributed by atoms with Crippen LogP contribution in [0.25, 0.3) is 0 Å². The third kappa shape index (κ3) is 4.37. The fourth-order valence-electron chi connectivity index (χ4n) is 2.71. The normalized spacial score (nSPS) is 21.6. The van der Waals surface area contributed by atoms with Crippen molar-refractivity contribution in [3.8, 4) is 0 Å². The van der Waals surface area contributed by atoms with Gasteiger partial charge in [-0.25, -0.2) is 0 Å². The molecule has 5 heteroatoms. The van der Waals surface area contributed by atoms with E-state index in [1.807, 2.05) is 29.2 Å². The second kappa shape index (κ2) is 7.87. The molecule has 2 atom stereocenters. The van der Waals surface area contributed by atoms with E-state index in [0.29, 0.717) is 24.9 Å². The number of carbonyl (C=O) groups excluding carboxylic acids is 1. The minimum absolute atomic E-state index is 0. The molecule has 0 saturated carbocycles. The van der Waals surface area contributed by atoms with Crippen LogP contribution in [0.3, 0.4) is 0 Å². The first-order chi connectivity index (χ1) is 9.10. The van der Waals surface area contributed by atoms with Gasteiger partial charge in [-0.2, -0.15) is 0 Å². The second-order valence-electron chi connectivity index (χ2n) is 5.36. The van der Waals surface area contributed by atoms with Gasteiger partial charge < -0.3 is 10.6 Å². The molecule has 1 heterocycles. The Bertz CT molecular complexity index is 436. The first-order valence-corrected chi connectivity index (χ1v) is 7.22. The Kier molecular flexibility index (Phi) is 6.80. The number of likely N-dealkylation sites (tertiary alicyclic amines) is 1. The molecular formula is C15H22Cl2N2O. The Morgan fingerprint density at radius 3 is 2.60 bits per heavy atom. The van der Waals surface area contributed by atoms with Gasteiger partial charge in [0.2, 0.25) is 5.91 Å². The zero-order valence-electron chi connectivity index (χ0n) is 11.7. The monoisotopic (exact) mass is 316 g/mol. The number of nitrogens with zero attached hydrogens (tertiary/aromatic N) is 1. The minimum Gasteiger partial charge on any atom is -0.340 e. The molecule has 2 unspecified atom stereocenters. The molecule has 0 radical (unpaired) electrons. The Hall–Kier alpha value is -0.770. The number of hydrogen-bond acceptors (Lipinski definition) is 2. The molecule has 0 aliphatic carbocycles. The van der Waals surface area contributed by atoms with E-state index < -0.39 is 0 Å². The number of carbonyl (C=O) groups is 1. The molecule has 112 valence electrons. The van der Waals surface area contributed by atoms with Crippen LogP contribution in [0, 0.1) is 5.92 Å². The summed E-state index contributed by atoms with van der Waals surface area (Å²) in [5.41, 5.74) is 6.84. The van der Waals surface area contributed by atoms with E-state index in [1.54, 1.807) is 0 Å².